The summed E-state index contributed by atoms with van der Waals surface area (Å²) < 4.78 is 13.6. The Morgan fingerprint density at radius 1 is 0.947 bits per heavy atom. The van der Waals surface area contributed by atoms with E-state index >= 15 is 0 Å². The fourth-order valence-corrected chi connectivity index (χ4v) is 2.77. The molecular formula is C13H8Cl4FN. The van der Waals surface area contributed by atoms with Crippen molar-refractivity contribution in [2.24, 2.45) is 0 Å². The minimum atomic E-state index is -0.388. The number of nitrogens with one attached hydrogen (secondary N) is 1. The molecule has 100 valence electrons. The number of halogens is 5. The highest BCUT2D eigenvalue weighted by Crippen LogP contribution is 2.34. The molecule has 0 saturated heterocycles. The van der Waals surface area contributed by atoms with E-state index < -0.39 is 0 Å². The lowest BCUT2D eigenvalue weighted by atomic mass is 10.2. The molecule has 2 rings (SSSR count). The highest BCUT2D eigenvalue weighted by Gasteiger charge is 2.10. The Balaban J connectivity index is 2.24. The quantitative estimate of drug-likeness (QED) is 0.718. The second-order valence-electron chi connectivity index (χ2n) is 3.80. The van der Waals surface area contributed by atoms with Gasteiger partial charge >= 0.3 is 0 Å². The Bertz CT molecular complexity index is 572. The van der Waals surface area contributed by atoms with Crippen LogP contribution in [-0.4, -0.2) is 0 Å². The van der Waals surface area contributed by atoms with Crippen molar-refractivity contribution >= 4 is 52.1 Å². The maximum atomic E-state index is 13.6. The zero-order valence-corrected chi connectivity index (χ0v) is 12.5. The topological polar surface area (TPSA) is 12.0 Å². The molecule has 6 heteroatoms. The van der Waals surface area contributed by atoms with Crippen molar-refractivity contribution in [3.05, 3.63) is 61.8 Å². The molecule has 1 nitrogen and oxygen atoms in total. The third kappa shape index (κ3) is 3.46. The van der Waals surface area contributed by atoms with E-state index in [1.807, 2.05) is 0 Å². The zero-order valence-electron chi connectivity index (χ0n) is 9.48. The van der Waals surface area contributed by atoms with E-state index in [1.165, 1.54) is 6.07 Å². The van der Waals surface area contributed by atoms with Crippen LogP contribution in [0.4, 0.5) is 10.1 Å². The summed E-state index contributed by atoms with van der Waals surface area (Å²) in [6.45, 7) is 0.173. The molecule has 0 aliphatic carbocycles. The molecule has 0 unspecified atom stereocenters. The van der Waals surface area contributed by atoms with E-state index in [0.717, 1.165) is 0 Å². The van der Waals surface area contributed by atoms with Gasteiger partial charge in [0.1, 0.15) is 5.82 Å². The molecule has 0 bridgehead atoms. The van der Waals surface area contributed by atoms with Crippen LogP contribution >= 0.6 is 46.4 Å². The molecule has 0 aliphatic heterocycles. The number of anilines is 1. The maximum absolute atomic E-state index is 13.6. The normalized spacial score (nSPS) is 10.6. The summed E-state index contributed by atoms with van der Waals surface area (Å²) in [5.41, 5.74) is 0.846. The summed E-state index contributed by atoms with van der Waals surface area (Å²) in [4.78, 5) is 0. The van der Waals surface area contributed by atoms with Gasteiger partial charge in [-0.25, -0.2) is 4.39 Å². The van der Waals surface area contributed by atoms with Gasteiger partial charge in [0.15, 0.2) is 0 Å². The fraction of sp³-hybridized carbons (Fsp3) is 0.0769. The van der Waals surface area contributed by atoms with Gasteiger partial charge < -0.3 is 5.32 Å². The first kappa shape index (κ1) is 14.7. The van der Waals surface area contributed by atoms with Crippen LogP contribution in [0, 0.1) is 5.82 Å². The van der Waals surface area contributed by atoms with E-state index in [-0.39, 0.29) is 12.4 Å². The summed E-state index contributed by atoms with van der Waals surface area (Å²) in [6, 6.07) is 7.62. The van der Waals surface area contributed by atoms with Gasteiger partial charge in [0.2, 0.25) is 0 Å². The molecule has 19 heavy (non-hydrogen) atoms. The fourth-order valence-electron chi connectivity index (χ4n) is 1.59. The second-order valence-corrected chi connectivity index (χ2v) is 5.46. The Labute approximate surface area is 130 Å². The number of benzene rings is 2. The summed E-state index contributed by atoms with van der Waals surface area (Å²) >= 11 is 23.8. The minimum Gasteiger partial charge on any atom is -0.378 e. The zero-order chi connectivity index (χ0) is 14.0. The first-order chi connectivity index (χ1) is 8.99. The van der Waals surface area contributed by atoms with Crippen molar-refractivity contribution in [3.8, 4) is 0 Å². The van der Waals surface area contributed by atoms with Crippen molar-refractivity contribution in [1.29, 1.82) is 0 Å². The van der Waals surface area contributed by atoms with Crippen molar-refractivity contribution < 1.29 is 4.39 Å². The van der Waals surface area contributed by atoms with E-state index in [2.05, 4.69) is 5.32 Å². The molecule has 0 aromatic heterocycles. The van der Waals surface area contributed by atoms with Gasteiger partial charge in [0.25, 0.3) is 0 Å². The maximum Gasteiger partial charge on any atom is 0.129 e. The Hall–Kier alpha value is -0.670. The minimum absolute atomic E-state index is 0.173. The summed E-state index contributed by atoms with van der Waals surface area (Å²) in [5, 5.41) is 4.47. The lowest BCUT2D eigenvalue weighted by Gasteiger charge is -2.12. The third-order valence-corrected chi connectivity index (χ3v) is 3.68. The Morgan fingerprint density at radius 3 is 2.16 bits per heavy atom. The lowest BCUT2D eigenvalue weighted by molar-refractivity contribution is 0.613. The molecular weight excluding hydrogens is 331 g/mol. The average Bonchev–Trinajstić information content (AvgIpc) is 2.31. The summed E-state index contributed by atoms with van der Waals surface area (Å²) in [6.07, 6.45) is 0. The molecule has 0 spiro atoms. The van der Waals surface area contributed by atoms with E-state index in [0.29, 0.717) is 31.3 Å². The van der Waals surface area contributed by atoms with Crippen molar-refractivity contribution in [3.63, 3.8) is 0 Å². The molecule has 0 amide bonds. The summed E-state index contributed by atoms with van der Waals surface area (Å²) in [5.74, 6) is -0.388. The Morgan fingerprint density at radius 2 is 1.58 bits per heavy atom. The first-order valence-electron chi connectivity index (χ1n) is 5.30. The first-order valence-corrected chi connectivity index (χ1v) is 6.81. The SMILES string of the molecule is Fc1cccc(Cl)c1CNc1c(Cl)cc(Cl)cc1Cl. The van der Waals surface area contributed by atoms with Crippen LogP contribution in [0.3, 0.4) is 0 Å². The van der Waals surface area contributed by atoms with Gasteiger partial charge in [0, 0.05) is 22.2 Å². The van der Waals surface area contributed by atoms with Crippen molar-refractivity contribution in [2.75, 3.05) is 5.32 Å². The largest absolute Gasteiger partial charge is 0.378 e. The van der Waals surface area contributed by atoms with E-state index in [9.17, 15) is 4.39 Å². The van der Waals surface area contributed by atoms with Crippen LogP contribution in [0.15, 0.2) is 30.3 Å². The highest BCUT2D eigenvalue weighted by atomic mass is 35.5. The second kappa shape index (κ2) is 6.19. The average molecular weight is 339 g/mol. The van der Waals surface area contributed by atoms with Crippen LogP contribution < -0.4 is 5.32 Å². The van der Waals surface area contributed by atoms with Gasteiger partial charge in [-0.15, -0.1) is 0 Å². The number of rotatable bonds is 3. The predicted octanol–water partition coefficient (Wildman–Crippen LogP) is 6.05. The van der Waals surface area contributed by atoms with Crippen LogP contribution in [0.1, 0.15) is 5.56 Å². The lowest BCUT2D eigenvalue weighted by Crippen LogP contribution is -2.03. The molecule has 0 fully saturated rings. The molecule has 0 atom stereocenters. The monoisotopic (exact) mass is 337 g/mol. The number of hydrogen-bond donors (Lipinski definition) is 1. The highest BCUT2D eigenvalue weighted by molar-refractivity contribution is 6.41. The molecule has 2 aromatic rings. The third-order valence-electron chi connectivity index (χ3n) is 2.51. The van der Waals surface area contributed by atoms with Crippen LogP contribution in [0.5, 0.6) is 0 Å². The van der Waals surface area contributed by atoms with E-state index in [4.69, 9.17) is 46.4 Å². The molecule has 0 aliphatic rings. The van der Waals surface area contributed by atoms with Gasteiger partial charge in [0.05, 0.1) is 15.7 Å². The van der Waals surface area contributed by atoms with Gasteiger partial charge in [-0.1, -0.05) is 52.5 Å². The van der Waals surface area contributed by atoms with Gasteiger partial charge in [-0.2, -0.15) is 0 Å². The van der Waals surface area contributed by atoms with Crippen LogP contribution in [0.2, 0.25) is 20.1 Å². The van der Waals surface area contributed by atoms with Gasteiger partial charge in [-0.05, 0) is 24.3 Å². The molecule has 0 heterocycles. The van der Waals surface area contributed by atoms with Crippen molar-refractivity contribution in [2.45, 2.75) is 6.54 Å². The van der Waals surface area contributed by atoms with Gasteiger partial charge in [-0.3, -0.25) is 0 Å². The number of hydrogen-bond acceptors (Lipinski definition) is 1. The van der Waals surface area contributed by atoms with Crippen LogP contribution in [-0.2, 0) is 6.54 Å². The molecule has 0 radical (unpaired) electrons. The Kier molecular flexibility index (Phi) is 4.80. The van der Waals surface area contributed by atoms with Crippen LogP contribution in [0.25, 0.3) is 0 Å². The van der Waals surface area contributed by atoms with E-state index in [1.54, 1.807) is 24.3 Å². The standard InChI is InChI=1S/C13H8Cl4FN/c14-7-4-10(16)13(11(17)5-7)19-6-8-9(15)2-1-3-12(8)18/h1-5,19H,6H2. The smallest absolute Gasteiger partial charge is 0.129 e. The summed E-state index contributed by atoms with van der Waals surface area (Å²) in [7, 11) is 0. The predicted molar refractivity (Wildman–Crippen MR) is 80.2 cm³/mol. The molecule has 2 aromatic carbocycles. The molecule has 0 saturated carbocycles. The molecule has 1 N–H and O–H groups in total. The van der Waals surface area contributed by atoms with Crippen molar-refractivity contribution in [1.82, 2.24) is 0 Å².